The molecule has 0 N–H and O–H groups in total. The molecule has 1 aromatic rings. The van der Waals surface area contributed by atoms with Crippen LogP contribution in [0.4, 0.5) is 5.69 Å². The monoisotopic (exact) mass is 279 g/mol. The Hall–Kier alpha value is -1.02. The SMILES string of the molecule is CC(C)CN1CCCc2ccc(C(=O)CCCl)cc21. The van der Waals surface area contributed by atoms with Gasteiger partial charge in [-0.3, -0.25) is 4.79 Å². The highest BCUT2D eigenvalue weighted by atomic mass is 35.5. The Morgan fingerprint density at radius 2 is 2.21 bits per heavy atom. The number of alkyl halides is 1. The first-order chi connectivity index (χ1) is 9.11. The lowest BCUT2D eigenvalue weighted by molar-refractivity contribution is 0.0989. The van der Waals surface area contributed by atoms with Gasteiger partial charge in [0.2, 0.25) is 0 Å². The molecule has 0 aromatic heterocycles. The van der Waals surface area contributed by atoms with Crippen molar-refractivity contribution in [3.63, 3.8) is 0 Å². The van der Waals surface area contributed by atoms with Crippen molar-refractivity contribution in [3.8, 4) is 0 Å². The second-order valence-electron chi connectivity index (χ2n) is 5.65. The van der Waals surface area contributed by atoms with Crippen molar-refractivity contribution in [1.29, 1.82) is 0 Å². The van der Waals surface area contributed by atoms with Crippen LogP contribution in [0.25, 0.3) is 0 Å². The molecule has 0 aliphatic carbocycles. The van der Waals surface area contributed by atoms with Gasteiger partial charge in [-0.25, -0.2) is 0 Å². The summed E-state index contributed by atoms with van der Waals surface area (Å²) in [5.74, 6) is 1.17. The molecule has 1 aliphatic rings. The summed E-state index contributed by atoms with van der Waals surface area (Å²) in [5, 5.41) is 0. The molecule has 0 atom stereocenters. The summed E-state index contributed by atoms with van der Waals surface area (Å²) in [6, 6.07) is 6.13. The first kappa shape index (κ1) is 14.4. The van der Waals surface area contributed by atoms with Gasteiger partial charge in [-0.15, -0.1) is 11.6 Å². The van der Waals surface area contributed by atoms with E-state index in [-0.39, 0.29) is 5.78 Å². The maximum absolute atomic E-state index is 12.0. The lowest BCUT2D eigenvalue weighted by Crippen LogP contribution is -2.32. The average Bonchev–Trinajstić information content (AvgIpc) is 2.38. The van der Waals surface area contributed by atoms with E-state index in [0.717, 1.165) is 25.1 Å². The fourth-order valence-electron chi connectivity index (χ4n) is 2.68. The molecular formula is C16H22ClNO. The van der Waals surface area contributed by atoms with Crippen molar-refractivity contribution in [3.05, 3.63) is 29.3 Å². The van der Waals surface area contributed by atoms with E-state index in [9.17, 15) is 4.79 Å². The first-order valence-corrected chi connectivity index (χ1v) is 7.62. The third kappa shape index (κ3) is 3.50. The van der Waals surface area contributed by atoms with Gasteiger partial charge in [0, 0.05) is 36.6 Å². The molecular weight excluding hydrogens is 258 g/mol. The molecule has 0 radical (unpaired) electrons. The molecule has 3 heteroatoms. The van der Waals surface area contributed by atoms with Crippen LogP contribution in [-0.2, 0) is 6.42 Å². The van der Waals surface area contributed by atoms with Gasteiger partial charge in [-0.05, 0) is 30.4 Å². The minimum Gasteiger partial charge on any atom is -0.371 e. The largest absolute Gasteiger partial charge is 0.371 e. The lowest BCUT2D eigenvalue weighted by Gasteiger charge is -2.33. The summed E-state index contributed by atoms with van der Waals surface area (Å²) < 4.78 is 0. The molecule has 2 rings (SSSR count). The van der Waals surface area contributed by atoms with Crippen LogP contribution in [0.3, 0.4) is 0 Å². The predicted octanol–water partition coefficient (Wildman–Crippen LogP) is 3.91. The number of ketones is 1. The van der Waals surface area contributed by atoms with Crippen LogP contribution in [0.5, 0.6) is 0 Å². The lowest BCUT2D eigenvalue weighted by atomic mass is 9.97. The molecule has 2 nitrogen and oxygen atoms in total. The van der Waals surface area contributed by atoms with Gasteiger partial charge in [0.15, 0.2) is 5.78 Å². The highest BCUT2D eigenvalue weighted by Crippen LogP contribution is 2.29. The van der Waals surface area contributed by atoms with Gasteiger partial charge >= 0.3 is 0 Å². The summed E-state index contributed by atoms with van der Waals surface area (Å²) in [7, 11) is 0. The van der Waals surface area contributed by atoms with Crippen molar-refractivity contribution in [2.24, 2.45) is 5.92 Å². The number of carbonyl (C=O) groups is 1. The Morgan fingerprint density at radius 1 is 1.42 bits per heavy atom. The number of fused-ring (bicyclic) bond motifs is 1. The molecule has 1 aliphatic heterocycles. The Balaban J connectivity index is 2.27. The topological polar surface area (TPSA) is 20.3 Å². The quantitative estimate of drug-likeness (QED) is 0.602. The van der Waals surface area contributed by atoms with Gasteiger partial charge < -0.3 is 4.90 Å². The van der Waals surface area contributed by atoms with E-state index in [1.807, 2.05) is 6.07 Å². The molecule has 0 unspecified atom stereocenters. The van der Waals surface area contributed by atoms with Crippen molar-refractivity contribution in [2.75, 3.05) is 23.9 Å². The van der Waals surface area contributed by atoms with Gasteiger partial charge in [0.05, 0.1) is 0 Å². The van der Waals surface area contributed by atoms with E-state index in [1.165, 1.54) is 17.7 Å². The summed E-state index contributed by atoms with van der Waals surface area (Å²) in [4.78, 5) is 14.4. The predicted molar refractivity (Wildman–Crippen MR) is 81.5 cm³/mol. The van der Waals surface area contributed by atoms with E-state index in [0.29, 0.717) is 18.2 Å². The van der Waals surface area contributed by atoms with Crippen molar-refractivity contribution < 1.29 is 4.79 Å². The van der Waals surface area contributed by atoms with Gasteiger partial charge in [0.25, 0.3) is 0 Å². The fraction of sp³-hybridized carbons (Fsp3) is 0.562. The maximum atomic E-state index is 12.0. The smallest absolute Gasteiger partial charge is 0.164 e. The van der Waals surface area contributed by atoms with E-state index >= 15 is 0 Å². The number of hydrogen-bond acceptors (Lipinski definition) is 2. The van der Waals surface area contributed by atoms with E-state index < -0.39 is 0 Å². The Labute approximate surface area is 120 Å². The number of nitrogens with zero attached hydrogens (tertiary/aromatic N) is 1. The third-order valence-corrected chi connectivity index (χ3v) is 3.72. The molecule has 1 heterocycles. The van der Waals surface area contributed by atoms with Crippen LogP contribution in [0.15, 0.2) is 18.2 Å². The third-order valence-electron chi connectivity index (χ3n) is 3.53. The molecule has 0 saturated heterocycles. The van der Waals surface area contributed by atoms with Crippen LogP contribution in [0, 0.1) is 5.92 Å². The number of halogens is 1. The van der Waals surface area contributed by atoms with Crippen LogP contribution in [-0.4, -0.2) is 24.8 Å². The molecule has 0 amide bonds. The summed E-state index contributed by atoms with van der Waals surface area (Å²) in [5.41, 5.74) is 3.42. The Kier molecular flexibility index (Phi) is 4.87. The minimum atomic E-state index is 0.146. The standard InChI is InChI=1S/C16H22ClNO/c1-12(2)11-18-9-3-4-13-5-6-14(10-15(13)18)16(19)7-8-17/h5-6,10,12H,3-4,7-9,11H2,1-2H3. The van der Waals surface area contributed by atoms with Crippen molar-refractivity contribution >= 4 is 23.1 Å². The van der Waals surface area contributed by atoms with E-state index in [2.05, 4.69) is 30.9 Å². The number of aryl methyl sites for hydroxylation is 1. The molecule has 1 aromatic carbocycles. The zero-order chi connectivity index (χ0) is 13.8. The van der Waals surface area contributed by atoms with E-state index in [1.54, 1.807) is 0 Å². The van der Waals surface area contributed by atoms with Crippen molar-refractivity contribution in [1.82, 2.24) is 0 Å². The van der Waals surface area contributed by atoms with E-state index in [4.69, 9.17) is 11.6 Å². The molecule has 19 heavy (non-hydrogen) atoms. The van der Waals surface area contributed by atoms with Crippen LogP contribution in [0.2, 0.25) is 0 Å². The molecule has 0 spiro atoms. The normalized spacial score (nSPS) is 14.6. The highest BCUT2D eigenvalue weighted by molar-refractivity contribution is 6.19. The van der Waals surface area contributed by atoms with Crippen LogP contribution >= 0.6 is 11.6 Å². The molecule has 104 valence electrons. The first-order valence-electron chi connectivity index (χ1n) is 7.09. The van der Waals surface area contributed by atoms with Crippen molar-refractivity contribution in [2.45, 2.75) is 33.1 Å². The zero-order valence-electron chi connectivity index (χ0n) is 11.8. The average molecular weight is 280 g/mol. The number of benzene rings is 1. The fourth-order valence-corrected chi connectivity index (χ4v) is 2.86. The number of hydrogen-bond donors (Lipinski definition) is 0. The Bertz CT molecular complexity index is 456. The maximum Gasteiger partial charge on any atom is 0.164 e. The number of carbonyl (C=O) groups excluding carboxylic acids is 1. The number of rotatable bonds is 5. The molecule has 0 fully saturated rings. The summed E-state index contributed by atoms with van der Waals surface area (Å²) in [6.45, 7) is 6.62. The van der Waals surface area contributed by atoms with Crippen LogP contribution in [0.1, 0.15) is 42.6 Å². The number of Topliss-reactive ketones (excluding diaryl/α,β-unsaturated/α-hetero) is 1. The Morgan fingerprint density at radius 3 is 2.89 bits per heavy atom. The second-order valence-corrected chi connectivity index (χ2v) is 6.03. The van der Waals surface area contributed by atoms with Gasteiger partial charge in [-0.2, -0.15) is 0 Å². The molecule has 0 bridgehead atoms. The van der Waals surface area contributed by atoms with Gasteiger partial charge in [0.1, 0.15) is 0 Å². The zero-order valence-corrected chi connectivity index (χ0v) is 12.5. The highest BCUT2D eigenvalue weighted by Gasteiger charge is 2.19. The summed E-state index contributed by atoms with van der Waals surface area (Å²) in [6.07, 6.45) is 2.74. The van der Waals surface area contributed by atoms with Crippen LogP contribution < -0.4 is 4.90 Å². The van der Waals surface area contributed by atoms with Gasteiger partial charge in [-0.1, -0.05) is 26.0 Å². The summed E-state index contributed by atoms with van der Waals surface area (Å²) >= 11 is 5.66. The minimum absolute atomic E-state index is 0.146. The molecule has 0 saturated carbocycles. The number of anilines is 1. The second kappa shape index (κ2) is 6.42.